The Kier molecular flexibility index (Phi) is 2.43. The molecule has 1 aromatic rings. The third-order valence-electron chi connectivity index (χ3n) is 5.19. The van der Waals surface area contributed by atoms with Crippen LogP contribution in [0.5, 0.6) is 5.75 Å². The minimum absolute atomic E-state index is 0.0476. The number of methoxy groups -OCH3 is 1. The van der Waals surface area contributed by atoms with Crippen molar-refractivity contribution in [2.24, 2.45) is 11.7 Å². The number of nitrogens with zero attached hydrogens (tertiary/aromatic N) is 2. The molecule has 2 N–H and O–H groups in total. The molecule has 0 radical (unpaired) electrons. The molecule has 4 aliphatic rings. The second-order valence-corrected chi connectivity index (χ2v) is 6.31. The molecule has 4 heterocycles. The van der Waals surface area contributed by atoms with Gasteiger partial charge in [0.1, 0.15) is 5.75 Å². The molecule has 19 heavy (non-hydrogen) atoms. The van der Waals surface area contributed by atoms with Crippen molar-refractivity contribution in [2.75, 3.05) is 40.0 Å². The quantitative estimate of drug-likeness (QED) is 0.839. The summed E-state index contributed by atoms with van der Waals surface area (Å²) in [6, 6.07) is 8.65. The summed E-state index contributed by atoms with van der Waals surface area (Å²) in [6.07, 6.45) is 0. The Morgan fingerprint density at radius 2 is 1.89 bits per heavy atom. The lowest BCUT2D eigenvalue weighted by atomic mass is 9.63. The zero-order valence-electron chi connectivity index (χ0n) is 11.4. The second-order valence-electron chi connectivity index (χ2n) is 6.31. The normalized spacial score (nSPS) is 43.5. The number of piperidine rings is 2. The van der Waals surface area contributed by atoms with Gasteiger partial charge in [0.2, 0.25) is 0 Å². The lowest BCUT2D eigenvalue weighted by Gasteiger charge is -2.62. The van der Waals surface area contributed by atoms with E-state index >= 15 is 0 Å². The zero-order valence-corrected chi connectivity index (χ0v) is 11.4. The molecule has 0 aliphatic carbocycles. The summed E-state index contributed by atoms with van der Waals surface area (Å²) < 4.78 is 5.59. The van der Waals surface area contributed by atoms with E-state index < -0.39 is 0 Å². The maximum Gasteiger partial charge on any atom is 0.122 e. The van der Waals surface area contributed by atoms with Crippen molar-refractivity contribution in [3.05, 3.63) is 29.8 Å². The first-order valence-corrected chi connectivity index (χ1v) is 7.07. The highest BCUT2D eigenvalue weighted by Gasteiger charge is 2.56. The van der Waals surface area contributed by atoms with Crippen molar-refractivity contribution in [1.29, 1.82) is 0 Å². The van der Waals surface area contributed by atoms with Gasteiger partial charge in [-0.15, -0.1) is 0 Å². The smallest absolute Gasteiger partial charge is 0.122 e. The summed E-state index contributed by atoms with van der Waals surface area (Å²) in [5.41, 5.74) is 7.99. The molecule has 4 nitrogen and oxygen atoms in total. The monoisotopic (exact) mass is 259 g/mol. The van der Waals surface area contributed by atoms with Crippen LogP contribution in [-0.4, -0.2) is 55.8 Å². The molecule has 1 aromatic carbocycles. The van der Waals surface area contributed by atoms with Crippen LogP contribution in [0.3, 0.4) is 0 Å². The van der Waals surface area contributed by atoms with Gasteiger partial charge in [0.15, 0.2) is 0 Å². The zero-order chi connectivity index (χ0) is 13.0. The van der Waals surface area contributed by atoms with Crippen molar-refractivity contribution in [3.8, 4) is 5.75 Å². The van der Waals surface area contributed by atoms with E-state index in [2.05, 4.69) is 28.0 Å². The number of benzene rings is 1. The van der Waals surface area contributed by atoms with Gasteiger partial charge in [-0.05, 0) is 6.07 Å². The maximum absolute atomic E-state index is 6.65. The number of para-hydroxylation sites is 1. The summed E-state index contributed by atoms with van der Waals surface area (Å²) in [5, 5.41) is 0. The molecule has 4 heteroatoms. The molecule has 0 saturated carbocycles. The van der Waals surface area contributed by atoms with Crippen molar-refractivity contribution in [1.82, 2.24) is 9.80 Å². The van der Waals surface area contributed by atoms with Gasteiger partial charge in [-0.1, -0.05) is 18.2 Å². The van der Waals surface area contributed by atoms with Crippen molar-refractivity contribution in [3.63, 3.8) is 0 Å². The molecule has 0 aromatic heterocycles. The van der Waals surface area contributed by atoms with Gasteiger partial charge in [-0.2, -0.15) is 0 Å². The Morgan fingerprint density at radius 1 is 1.21 bits per heavy atom. The highest BCUT2D eigenvalue weighted by atomic mass is 16.5. The first-order chi connectivity index (χ1) is 9.23. The van der Waals surface area contributed by atoms with Crippen LogP contribution < -0.4 is 10.5 Å². The predicted octanol–water partition coefficient (Wildman–Crippen LogP) is 0.479. The van der Waals surface area contributed by atoms with Crippen LogP contribution in [0.2, 0.25) is 0 Å². The van der Waals surface area contributed by atoms with E-state index in [4.69, 9.17) is 10.5 Å². The van der Waals surface area contributed by atoms with Crippen LogP contribution in [0.25, 0.3) is 0 Å². The summed E-state index contributed by atoms with van der Waals surface area (Å²) in [4.78, 5) is 5.10. The minimum Gasteiger partial charge on any atom is -0.496 e. The average Bonchev–Trinajstić information content (AvgIpc) is 2.43. The minimum atomic E-state index is 0.0476. The molecule has 4 bridgehead atoms. The van der Waals surface area contributed by atoms with Gasteiger partial charge in [0.05, 0.1) is 13.8 Å². The summed E-state index contributed by atoms with van der Waals surface area (Å²) in [6.45, 7) is 5.58. The van der Waals surface area contributed by atoms with Crippen molar-refractivity contribution in [2.45, 2.75) is 11.5 Å². The molecule has 4 fully saturated rings. The number of rotatable bonds is 2. The Labute approximate surface area is 114 Å². The Morgan fingerprint density at radius 3 is 2.58 bits per heavy atom. The topological polar surface area (TPSA) is 41.7 Å². The van der Waals surface area contributed by atoms with Gasteiger partial charge in [0.25, 0.3) is 0 Å². The maximum atomic E-state index is 6.65. The SMILES string of the molecule is COc1ccccc1C12CN3CC(CN(C3)C1)C2N. The van der Waals surface area contributed by atoms with Crippen molar-refractivity contribution >= 4 is 0 Å². The van der Waals surface area contributed by atoms with Gasteiger partial charge < -0.3 is 10.5 Å². The van der Waals surface area contributed by atoms with E-state index in [1.54, 1.807) is 7.11 Å². The van der Waals surface area contributed by atoms with Gasteiger partial charge in [-0.3, -0.25) is 9.80 Å². The average molecular weight is 259 g/mol. The molecule has 0 amide bonds. The van der Waals surface area contributed by atoms with Gasteiger partial charge in [-0.25, -0.2) is 0 Å². The number of hydrogen-bond acceptors (Lipinski definition) is 4. The van der Waals surface area contributed by atoms with E-state index in [1.807, 2.05) is 6.07 Å². The first kappa shape index (κ1) is 11.7. The van der Waals surface area contributed by atoms with Crippen LogP contribution in [0.4, 0.5) is 0 Å². The van der Waals surface area contributed by atoms with E-state index in [0.717, 1.165) is 38.6 Å². The van der Waals surface area contributed by atoms with Crippen LogP contribution >= 0.6 is 0 Å². The lowest BCUT2D eigenvalue weighted by molar-refractivity contribution is -0.0996. The fraction of sp³-hybridized carbons (Fsp3) is 0.600. The molecular weight excluding hydrogens is 238 g/mol. The van der Waals surface area contributed by atoms with Crippen molar-refractivity contribution < 1.29 is 4.74 Å². The van der Waals surface area contributed by atoms with Crippen LogP contribution in [-0.2, 0) is 5.41 Å². The molecule has 3 atom stereocenters. The second kappa shape index (κ2) is 3.95. The molecule has 3 unspecified atom stereocenters. The molecule has 102 valence electrons. The van der Waals surface area contributed by atoms with Crippen LogP contribution in [0.15, 0.2) is 24.3 Å². The molecular formula is C15H21N3O. The third kappa shape index (κ3) is 1.51. The first-order valence-electron chi connectivity index (χ1n) is 7.07. The van der Waals surface area contributed by atoms with E-state index in [-0.39, 0.29) is 11.5 Å². The Bertz CT molecular complexity index is 490. The highest BCUT2D eigenvalue weighted by molar-refractivity contribution is 5.44. The van der Waals surface area contributed by atoms with Crippen LogP contribution in [0.1, 0.15) is 5.56 Å². The van der Waals surface area contributed by atoms with Gasteiger partial charge in [0, 0.05) is 49.1 Å². The summed E-state index contributed by atoms with van der Waals surface area (Å²) >= 11 is 0. The Balaban J connectivity index is 1.84. The fourth-order valence-corrected chi connectivity index (χ4v) is 4.49. The van der Waals surface area contributed by atoms with Crippen LogP contribution in [0, 0.1) is 5.92 Å². The fourth-order valence-electron chi connectivity index (χ4n) is 4.49. The van der Waals surface area contributed by atoms with Gasteiger partial charge >= 0.3 is 0 Å². The summed E-state index contributed by atoms with van der Waals surface area (Å²) in [5.74, 6) is 1.59. The highest BCUT2D eigenvalue weighted by Crippen LogP contribution is 2.46. The molecule has 4 saturated heterocycles. The number of nitrogens with two attached hydrogens (primary N) is 1. The summed E-state index contributed by atoms with van der Waals surface area (Å²) in [7, 11) is 1.76. The number of hydrogen-bond donors (Lipinski definition) is 1. The standard InChI is InChI=1S/C15H21N3O/c1-19-13-5-3-2-4-12(13)15-8-17-6-11(14(15)16)7-18(9-15)10-17/h2-5,11,14H,6-10,16H2,1H3. The predicted molar refractivity (Wildman–Crippen MR) is 74.2 cm³/mol. The van der Waals surface area contributed by atoms with E-state index in [9.17, 15) is 0 Å². The largest absolute Gasteiger partial charge is 0.496 e. The molecule has 0 spiro atoms. The third-order valence-corrected chi connectivity index (χ3v) is 5.19. The van der Waals surface area contributed by atoms with E-state index in [1.165, 1.54) is 5.56 Å². The Hall–Kier alpha value is -1.10. The number of ether oxygens (including phenoxy) is 1. The van der Waals surface area contributed by atoms with E-state index in [0.29, 0.717) is 5.92 Å². The molecule has 5 rings (SSSR count). The lowest BCUT2D eigenvalue weighted by Crippen LogP contribution is -2.77. The molecule has 4 aliphatic heterocycles.